The lowest BCUT2D eigenvalue weighted by molar-refractivity contribution is 0.0933. The molecule has 1 aromatic carbocycles. The summed E-state index contributed by atoms with van der Waals surface area (Å²) in [6, 6.07) is 9.88. The minimum atomic E-state index is -0.188. The molecule has 0 saturated carbocycles. The molecule has 2 rings (SSSR count). The number of hydrogen-bond acceptors (Lipinski definition) is 3. The smallest absolute Gasteiger partial charge is 0.271 e. The number of rotatable bonds is 5. The molecule has 1 aromatic heterocycles. The van der Waals surface area contributed by atoms with Gasteiger partial charge in [0.1, 0.15) is 5.69 Å². The van der Waals surface area contributed by atoms with Crippen LogP contribution in [0.1, 0.15) is 16.1 Å². The van der Waals surface area contributed by atoms with Crippen LogP contribution < -0.4 is 11.1 Å². The van der Waals surface area contributed by atoms with E-state index in [-0.39, 0.29) is 11.9 Å². The molecule has 1 atom stereocenters. The number of carbonyl (C=O) groups is 1. The Bertz CT molecular complexity index is 535. The van der Waals surface area contributed by atoms with Crippen LogP contribution >= 0.6 is 0 Å². The van der Waals surface area contributed by atoms with E-state index in [0.717, 1.165) is 12.0 Å². The lowest BCUT2D eigenvalue weighted by Crippen LogP contribution is -2.41. The Morgan fingerprint density at radius 1 is 1.42 bits per heavy atom. The minimum absolute atomic E-state index is 0.0862. The summed E-state index contributed by atoms with van der Waals surface area (Å²) in [5.74, 6) is -0.188. The highest BCUT2D eigenvalue weighted by molar-refractivity contribution is 5.92. The van der Waals surface area contributed by atoms with E-state index in [1.165, 1.54) is 0 Å². The summed E-state index contributed by atoms with van der Waals surface area (Å²) in [4.78, 5) is 16.0. The number of carbonyl (C=O) groups excluding carboxylic acids is 1. The maximum Gasteiger partial charge on any atom is 0.271 e. The van der Waals surface area contributed by atoms with Gasteiger partial charge in [-0.3, -0.25) is 4.79 Å². The van der Waals surface area contributed by atoms with Gasteiger partial charge in [-0.05, 0) is 12.0 Å². The van der Waals surface area contributed by atoms with Gasteiger partial charge in [0.25, 0.3) is 5.91 Å². The molecule has 0 radical (unpaired) electrons. The van der Waals surface area contributed by atoms with Gasteiger partial charge in [0.05, 0.1) is 6.33 Å². The highest BCUT2D eigenvalue weighted by atomic mass is 16.2. The zero-order valence-corrected chi connectivity index (χ0v) is 10.9. The molecule has 19 heavy (non-hydrogen) atoms. The Kier molecular flexibility index (Phi) is 4.30. The zero-order chi connectivity index (χ0) is 13.7. The molecule has 0 spiro atoms. The lowest BCUT2D eigenvalue weighted by Gasteiger charge is -2.16. The highest BCUT2D eigenvalue weighted by Crippen LogP contribution is 2.03. The molecule has 3 N–H and O–H groups in total. The second-order valence-electron chi connectivity index (χ2n) is 4.52. The first-order valence-electron chi connectivity index (χ1n) is 6.22. The molecule has 1 heterocycles. The Balaban J connectivity index is 1.97. The van der Waals surface area contributed by atoms with Crippen LogP contribution in [-0.4, -0.2) is 28.0 Å². The first kappa shape index (κ1) is 13.3. The second-order valence-corrected chi connectivity index (χ2v) is 4.52. The van der Waals surface area contributed by atoms with Gasteiger partial charge in [-0.1, -0.05) is 30.3 Å². The molecule has 1 unspecified atom stereocenters. The molecule has 0 fully saturated rings. The van der Waals surface area contributed by atoms with Crippen molar-refractivity contribution < 1.29 is 4.79 Å². The molecule has 1 amide bonds. The van der Waals surface area contributed by atoms with Gasteiger partial charge in [-0.25, -0.2) is 4.98 Å². The van der Waals surface area contributed by atoms with Crippen LogP contribution in [-0.2, 0) is 13.5 Å². The Labute approximate surface area is 112 Å². The molecule has 5 nitrogen and oxygen atoms in total. The van der Waals surface area contributed by atoms with Crippen LogP contribution in [0.15, 0.2) is 42.9 Å². The first-order chi connectivity index (χ1) is 9.19. The number of aryl methyl sites for hydroxylation is 1. The number of nitrogens with one attached hydrogen (secondary N) is 1. The van der Waals surface area contributed by atoms with Gasteiger partial charge in [0, 0.05) is 25.8 Å². The lowest BCUT2D eigenvalue weighted by atomic mass is 10.1. The van der Waals surface area contributed by atoms with Crippen molar-refractivity contribution in [1.82, 2.24) is 14.9 Å². The van der Waals surface area contributed by atoms with E-state index in [0.29, 0.717) is 12.2 Å². The van der Waals surface area contributed by atoms with Crippen molar-refractivity contribution in [3.8, 4) is 0 Å². The van der Waals surface area contributed by atoms with Gasteiger partial charge in [-0.15, -0.1) is 0 Å². The molecule has 0 aliphatic rings. The van der Waals surface area contributed by atoms with Crippen molar-refractivity contribution >= 4 is 5.91 Å². The van der Waals surface area contributed by atoms with E-state index in [9.17, 15) is 4.79 Å². The number of aromatic nitrogens is 2. The highest BCUT2D eigenvalue weighted by Gasteiger charge is 2.14. The third-order valence-corrected chi connectivity index (χ3v) is 2.88. The summed E-state index contributed by atoms with van der Waals surface area (Å²) >= 11 is 0. The van der Waals surface area contributed by atoms with Crippen LogP contribution in [0.25, 0.3) is 0 Å². The standard InChI is InChI=1S/C14H18N4O/c1-18-9-13(16-10-18)14(19)17-12(8-15)7-11-5-3-2-4-6-11/h2-6,9-10,12H,7-8,15H2,1H3,(H,17,19). The third kappa shape index (κ3) is 3.66. The molecule has 0 saturated heterocycles. The number of nitrogens with zero attached hydrogens (tertiary/aromatic N) is 2. The van der Waals surface area contributed by atoms with Gasteiger partial charge in [-0.2, -0.15) is 0 Å². The van der Waals surface area contributed by atoms with Crippen LogP contribution in [0, 0.1) is 0 Å². The van der Waals surface area contributed by atoms with E-state index in [1.54, 1.807) is 17.1 Å². The first-order valence-corrected chi connectivity index (χ1v) is 6.22. The van der Waals surface area contributed by atoms with Crippen LogP contribution in [0.3, 0.4) is 0 Å². The van der Waals surface area contributed by atoms with Gasteiger partial charge >= 0.3 is 0 Å². The molecule has 2 aromatic rings. The molecule has 100 valence electrons. The van der Waals surface area contributed by atoms with E-state index < -0.39 is 0 Å². The van der Waals surface area contributed by atoms with Gasteiger partial charge < -0.3 is 15.6 Å². The molecule has 0 bridgehead atoms. The molecule has 0 aliphatic heterocycles. The van der Waals surface area contributed by atoms with Crippen molar-refractivity contribution in [3.05, 3.63) is 54.1 Å². The summed E-state index contributed by atoms with van der Waals surface area (Å²) in [5, 5.41) is 2.91. The molecule has 0 aliphatic carbocycles. The van der Waals surface area contributed by atoms with E-state index in [2.05, 4.69) is 10.3 Å². The van der Waals surface area contributed by atoms with Crippen LogP contribution in [0.5, 0.6) is 0 Å². The van der Waals surface area contributed by atoms with E-state index in [1.807, 2.05) is 37.4 Å². The quantitative estimate of drug-likeness (QED) is 0.830. The fourth-order valence-electron chi connectivity index (χ4n) is 1.88. The number of benzene rings is 1. The fourth-order valence-corrected chi connectivity index (χ4v) is 1.88. The maximum atomic E-state index is 12.0. The maximum absolute atomic E-state index is 12.0. The predicted molar refractivity (Wildman–Crippen MR) is 73.7 cm³/mol. The van der Waals surface area contributed by atoms with Crippen LogP contribution in [0.4, 0.5) is 0 Å². The molecular formula is C14H18N4O. The van der Waals surface area contributed by atoms with E-state index in [4.69, 9.17) is 5.73 Å². The van der Waals surface area contributed by atoms with Crippen molar-refractivity contribution in [3.63, 3.8) is 0 Å². The SMILES string of the molecule is Cn1cnc(C(=O)NC(CN)Cc2ccccc2)c1. The fraction of sp³-hybridized carbons (Fsp3) is 0.286. The molecule has 5 heteroatoms. The number of hydrogen-bond donors (Lipinski definition) is 2. The average molecular weight is 258 g/mol. The predicted octanol–water partition coefficient (Wildman–Crippen LogP) is 0.720. The number of amides is 1. The Hall–Kier alpha value is -2.14. The van der Waals surface area contributed by atoms with Crippen molar-refractivity contribution in [2.75, 3.05) is 6.54 Å². The average Bonchev–Trinajstić information content (AvgIpc) is 2.86. The van der Waals surface area contributed by atoms with Gasteiger partial charge in [0.15, 0.2) is 0 Å². The Morgan fingerprint density at radius 2 is 2.16 bits per heavy atom. The van der Waals surface area contributed by atoms with Crippen LogP contribution in [0.2, 0.25) is 0 Å². The van der Waals surface area contributed by atoms with E-state index >= 15 is 0 Å². The summed E-state index contributed by atoms with van der Waals surface area (Å²) in [5.41, 5.74) is 7.28. The van der Waals surface area contributed by atoms with Crippen molar-refractivity contribution in [2.45, 2.75) is 12.5 Å². The summed E-state index contributed by atoms with van der Waals surface area (Å²) < 4.78 is 1.74. The monoisotopic (exact) mass is 258 g/mol. The zero-order valence-electron chi connectivity index (χ0n) is 10.9. The van der Waals surface area contributed by atoms with Crippen molar-refractivity contribution in [2.24, 2.45) is 12.8 Å². The topological polar surface area (TPSA) is 72.9 Å². The van der Waals surface area contributed by atoms with Crippen molar-refractivity contribution in [1.29, 1.82) is 0 Å². The number of nitrogens with two attached hydrogens (primary N) is 1. The second kappa shape index (κ2) is 6.15. The minimum Gasteiger partial charge on any atom is -0.346 e. The normalized spacial score (nSPS) is 12.1. The Morgan fingerprint density at radius 3 is 2.74 bits per heavy atom. The largest absolute Gasteiger partial charge is 0.346 e. The molecular weight excluding hydrogens is 240 g/mol. The third-order valence-electron chi connectivity index (χ3n) is 2.88. The summed E-state index contributed by atoms with van der Waals surface area (Å²) in [6.45, 7) is 0.396. The van der Waals surface area contributed by atoms with Gasteiger partial charge in [0.2, 0.25) is 0 Å². The number of imidazole rings is 1. The summed E-state index contributed by atoms with van der Waals surface area (Å²) in [6.07, 6.45) is 4.00. The summed E-state index contributed by atoms with van der Waals surface area (Å²) in [7, 11) is 1.83.